The van der Waals surface area contributed by atoms with E-state index >= 15 is 0 Å². The first-order chi connectivity index (χ1) is 8.11. The fraction of sp³-hybridized carbons (Fsp3) is 0.615. The van der Waals surface area contributed by atoms with Crippen LogP contribution in [0, 0.1) is 0 Å². The fourth-order valence-electron chi connectivity index (χ4n) is 1.24. The number of hydrogen-bond acceptors (Lipinski definition) is 4. The normalized spacial score (nSPS) is 12.7. The summed E-state index contributed by atoms with van der Waals surface area (Å²) in [5.74, 6) is 1.19. The van der Waals surface area contributed by atoms with Crippen molar-refractivity contribution in [1.29, 1.82) is 0 Å². The monoisotopic (exact) mass is 274 g/mol. The van der Waals surface area contributed by atoms with Gasteiger partial charge in [-0.25, -0.2) is 0 Å². The summed E-state index contributed by atoms with van der Waals surface area (Å²) in [6.07, 6.45) is 8.52. The van der Waals surface area contributed by atoms with Gasteiger partial charge in [0.2, 0.25) is 0 Å². The van der Waals surface area contributed by atoms with Gasteiger partial charge in [-0.05, 0) is 45.9 Å². The Kier molecular flexibility index (Phi) is 10.6. The van der Waals surface area contributed by atoms with E-state index in [0.29, 0.717) is 13.0 Å². The second-order valence-corrected chi connectivity index (χ2v) is 6.29. The molecule has 0 unspecified atom stereocenters. The van der Waals surface area contributed by atoms with Crippen molar-refractivity contribution in [3.05, 3.63) is 22.8 Å². The molecular formula is C13H22O2S2. The highest BCUT2D eigenvalue weighted by atomic mass is 33.1. The van der Waals surface area contributed by atoms with Gasteiger partial charge in [0, 0.05) is 11.3 Å². The lowest BCUT2D eigenvalue weighted by molar-refractivity contribution is -0.117. The Morgan fingerprint density at radius 2 is 2.00 bits per heavy atom. The highest BCUT2D eigenvalue weighted by Gasteiger charge is 2.01. The van der Waals surface area contributed by atoms with Crippen LogP contribution in [0.1, 0.15) is 40.0 Å². The van der Waals surface area contributed by atoms with Crippen molar-refractivity contribution in [3.63, 3.8) is 0 Å². The van der Waals surface area contributed by atoms with Crippen molar-refractivity contribution in [2.45, 2.75) is 40.0 Å². The average molecular weight is 274 g/mol. The molecule has 4 heteroatoms. The van der Waals surface area contributed by atoms with E-state index in [1.165, 1.54) is 4.91 Å². The molecule has 0 saturated carbocycles. The maximum absolute atomic E-state index is 10.8. The largest absolute Gasteiger partial charge is 0.493 e. The maximum atomic E-state index is 10.8. The van der Waals surface area contributed by atoms with Crippen molar-refractivity contribution in [1.82, 2.24) is 0 Å². The van der Waals surface area contributed by atoms with Gasteiger partial charge in [-0.15, -0.1) is 0 Å². The highest BCUT2D eigenvalue weighted by Crippen LogP contribution is 2.30. The Balaban J connectivity index is 4.02. The van der Waals surface area contributed by atoms with Crippen LogP contribution in [0.2, 0.25) is 0 Å². The zero-order chi connectivity index (χ0) is 13.1. The summed E-state index contributed by atoms with van der Waals surface area (Å²) in [6.45, 7) is 6.35. The van der Waals surface area contributed by atoms with Gasteiger partial charge in [0.15, 0.2) is 0 Å². The molecule has 0 aliphatic rings. The van der Waals surface area contributed by atoms with Crippen molar-refractivity contribution in [2.75, 3.05) is 12.9 Å². The zero-order valence-electron chi connectivity index (χ0n) is 11.1. The summed E-state index contributed by atoms with van der Waals surface area (Å²) < 4.78 is 5.73. The molecule has 0 aromatic carbocycles. The number of hydrogen-bond donors (Lipinski definition) is 0. The van der Waals surface area contributed by atoms with E-state index in [9.17, 15) is 4.79 Å². The van der Waals surface area contributed by atoms with Crippen molar-refractivity contribution < 1.29 is 9.53 Å². The molecule has 0 amide bonds. The maximum Gasteiger partial charge on any atom is 0.129 e. The van der Waals surface area contributed by atoms with Crippen molar-refractivity contribution in [2.24, 2.45) is 0 Å². The van der Waals surface area contributed by atoms with E-state index in [1.54, 1.807) is 28.5 Å². The molecule has 2 nitrogen and oxygen atoms in total. The van der Waals surface area contributed by atoms with Crippen LogP contribution in [-0.4, -0.2) is 18.6 Å². The van der Waals surface area contributed by atoms with E-state index in [2.05, 4.69) is 6.92 Å². The van der Waals surface area contributed by atoms with Gasteiger partial charge in [-0.2, -0.15) is 0 Å². The Morgan fingerprint density at radius 1 is 1.29 bits per heavy atom. The summed E-state index contributed by atoms with van der Waals surface area (Å²) in [5, 5.41) is 0. The number of carbonyl (C=O) groups excluding carboxylic acids is 1. The molecule has 0 fully saturated rings. The number of Topliss-reactive ketones (excluding diaryl/α,β-unsaturated/α-hetero) is 1. The molecule has 17 heavy (non-hydrogen) atoms. The van der Waals surface area contributed by atoms with Crippen molar-refractivity contribution >= 4 is 27.4 Å². The van der Waals surface area contributed by atoms with Crippen LogP contribution in [0.3, 0.4) is 0 Å². The van der Waals surface area contributed by atoms with Crippen LogP contribution in [-0.2, 0) is 9.53 Å². The van der Waals surface area contributed by atoms with Crippen molar-refractivity contribution in [3.8, 4) is 0 Å². The Bertz CT molecular complexity index is 283. The predicted octanol–water partition coefficient (Wildman–Crippen LogP) is 4.58. The molecule has 0 heterocycles. The quantitative estimate of drug-likeness (QED) is 0.266. The van der Waals surface area contributed by atoms with Gasteiger partial charge in [0.1, 0.15) is 11.5 Å². The van der Waals surface area contributed by atoms with Crippen LogP contribution >= 0.6 is 21.6 Å². The molecule has 0 N–H and O–H groups in total. The third-order valence-corrected chi connectivity index (χ3v) is 3.92. The topological polar surface area (TPSA) is 26.3 Å². The van der Waals surface area contributed by atoms with E-state index in [1.807, 2.05) is 25.3 Å². The Morgan fingerprint density at radius 3 is 2.53 bits per heavy atom. The first kappa shape index (κ1) is 16.6. The highest BCUT2D eigenvalue weighted by molar-refractivity contribution is 8.77. The molecule has 0 aromatic rings. The van der Waals surface area contributed by atoms with Gasteiger partial charge < -0.3 is 9.53 Å². The standard InChI is InChI=1S/C13H22O2S2/c1-5-8-13(12(3)17-16-4)15-10-7-6-9-11(2)14/h5,8H,6-7,9-10H2,1-4H3/b8-5-,13-12-. The number of allylic oxidation sites excluding steroid dienone is 3. The predicted molar refractivity (Wildman–Crippen MR) is 79.1 cm³/mol. The van der Waals surface area contributed by atoms with Gasteiger partial charge in [-0.3, -0.25) is 0 Å². The van der Waals surface area contributed by atoms with E-state index < -0.39 is 0 Å². The molecular weight excluding hydrogens is 252 g/mol. The lowest BCUT2D eigenvalue weighted by Gasteiger charge is -2.09. The lowest BCUT2D eigenvalue weighted by Crippen LogP contribution is -1.97. The summed E-state index contributed by atoms with van der Waals surface area (Å²) in [6, 6.07) is 0. The molecule has 0 spiro atoms. The third-order valence-electron chi connectivity index (χ3n) is 2.05. The number of carbonyl (C=O) groups is 1. The van der Waals surface area contributed by atoms with E-state index in [4.69, 9.17) is 4.74 Å². The molecule has 0 aromatic heterocycles. The van der Waals surface area contributed by atoms with Crippen LogP contribution in [0.15, 0.2) is 22.8 Å². The van der Waals surface area contributed by atoms with Crippen LogP contribution in [0.4, 0.5) is 0 Å². The Labute approximate surface area is 113 Å². The number of rotatable bonds is 9. The van der Waals surface area contributed by atoms with Gasteiger partial charge in [-0.1, -0.05) is 27.7 Å². The van der Waals surface area contributed by atoms with E-state index in [-0.39, 0.29) is 5.78 Å². The van der Waals surface area contributed by atoms with Gasteiger partial charge in [0.25, 0.3) is 0 Å². The molecule has 0 radical (unpaired) electrons. The SMILES string of the molecule is C/C=C\C(OCCCCC(C)=O)=C(/C)SSC. The zero-order valence-corrected chi connectivity index (χ0v) is 12.7. The van der Waals surface area contributed by atoms with Crippen LogP contribution in [0.25, 0.3) is 0 Å². The molecule has 0 rings (SSSR count). The fourth-order valence-corrected chi connectivity index (χ4v) is 2.70. The van der Waals surface area contributed by atoms with Gasteiger partial charge >= 0.3 is 0 Å². The smallest absolute Gasteiger partial charge is 0.129 e. The minimum Gasteiger partial charge on any atom is -0.493 e. The Hall–Kier alpha value is -0.350. The third kappa shape index (κ3) is 9.36. The molecule has 0 aliphatic heterocycles. The van der Waals surface area contributed by atoms with Crippen LogP contribution in [0.5, 0.6) is 0 Å². The summed E-state index contributed by atoms with van der Waals surface area (Å²) >= 11 is 0. The summed E-state index contributed by atoms with van der Waals surface area (Å²) in [4.78, 5) is 12.0. The average Bonchev–Trinajstić information content (AvgIpc) is 2.27. The molecule has 0 saturated heterocycles. The lowest BCUT2D eigenvalue weighted by atomic mass is 10.2. The summed E-state index contributed by atoms with van der Waals surface area (Å²) in [7, 11) is 3.43. The molecule has 0 bridgehead atoms. The number of ether oxygens (including phenoxy) is 1. The number of unbranched alkanes of at least 4 members (excludes halogenated alkanes) is 1. The first-order valence-electron chi connectivity index (χ1n) is 5.78. The van der Waals surface area contributed by atoms with Crippen LogP contribution < -0.4 is 0 Å². The molecule has 0 aliphatic carbocycles. The second kappa shape index (κ2) is 10.8. The number of ketones is 1. The van der Waals surface area contributed by atoms with Gasteiger partial charge in [0.05, 0.1) is 6.61 Å². The molecule has 98 valence electrons. The molecule has 0 atom stereocenters. The summed E-state index contributed by atoms with van der Waals surface area (Å²) in [5.41, 5.74) is 0. The second-order valence-electron chi connectivity index (χ2n) is 3.68. The van der Waals surface area contributed by atoms with E-state index in [0.717, 1.165) is 18.6 Å². The minimum absolute atomic E-state index is 0.253. The minimum atomic E-state index is 0.253. The first-order valence-corrected chi connectivity index (χ1v) is 8.34.